The molecule has 0 radical (unpaired) electrons. The number of hydrogen-bond acceptors (Lipinski definition) is 5. The molecule has 0 spiro atoms. The van der Waals surface area contributed by atoms with Crippen molar-refractivity contribution in [2.75, 3.05) is 24.8 Å². The van der Waals surface area contributed by atoms with Crippen LogP contribution in [0.2, 0.25) is 0 Å². The highest BCUT2D eigenvalue weighted by molar-refractivity contribution is 7.92. The molecule has 8 heteroatoms. The van der Waals surface area contributed by atoms with Gasteiger partial charge in [0, 0.05) is 0 Å². The van der Waals surface area contributed by atoms with Gasteiger partial charge in [0.1, 0.15) is 6.04 Å². The zero-order valence-corrected chi connectivity index (χ0v) is 17.5. The molecule has 0 bridgehead atoms. The van der Waals surface area contributed by atoms with Gasteiger partial charge >= 0.3 is 0 Å². The smallest absolute Gasteiger partial charge is 0.244 e. The molecule has 0 aliphatic heterocycles. The zero-order chi connectivity index (χ0) is 20.9. The van der Waals surface area contributed by atoms with Gasteiger partial charge in [-0.25, -0.2) is 8.42 Å². The van der Waals surface area contributed by atoms with Crippen molar-refractivity contribution in [2.45, 2.75) is 25.9 Å². The summed E-state index contributed by atoms with van der Waals surface area (Å²) in [6.45, 7) is 3.38. The van der Waals surface area contributed by atoms with Gasteiger partial charge < -0.3 is 14.8 Å². The van der Waals surface area contributed by atoms with Gasteiger partial charge in [0.15, 0.2) is 11.5 Å². The topological polar surface area (TPSA) is 84.9 Å². The normalized spacial score (nSPS) is 13.3. The lowest BCUT2D eigenvalue weighted by atomic mass is 10.1. The summed E-state index contributed by atoms with van der Waals surface area (Å²) in [6.07, 6.45) is 1.08. The average molecular weight is 407 g/mol. The Balaban J connectivity index is 2.22. The number of rotatable bonds is 8. The van der Waals surface area contributed by atoms with E-state index in [0.29, 0.717) is 17.2 Å². The Morgan fingerprint density at radius 3 is 2.14 bits per heavy atom. The molecule has 7 nitrogen and oxygen atoms in total. The molecule has 0 heterocycles. The summed E-state index contributed by atoms with van der Waals surface area (Å²) in [4.78, 5) is 12.8. The Hall–Kier alpha value is -2.74. The molecule has 2 aromatic carbocycles. The molecule has 152 valence electrons. The van der Waals surface area contributed by atoms with E-state index in [-0.39, 0.29) is 6.04 Å². The molecule has 0 unspecified atom stereocenters. The first-order chi connectivity index (χ1) is 13.2. The number of nitrogens with zero attached hydrogens (tertiary/aromatic N) is 1. The molecule has 0 aliphatic carbocycles. The number of methoxy groups -OCH3 is 2. The summed E-state index contributed by atoms with van der Waals surface area (Å²) in [5, 5.41) is 2.87. The van der Waals surface area contributed by atoms with Gasteiger partial charge in [-0.05, 0) is 43.7 Å². The first-order valence-corrected chi connectivity index (χ1v) is 10.6. The van der Waals surface area contributed by atoms with Gasteiger partial charge in [0.25, 0.3) is 0 Å². The first kappa shape index (κ1) is 21.6. The Labute approximate surface area is 166 Å². The number of carbonyl (C=O) groups excluding carboxylic acids is 1. The van der Waals surface area contributed by atoms with Crippen molar-refractivity contribution < 1.29 is 22.7 Å². The third-order valence-corrected chi connectivity index (χ3v) is 5.61. The van der Waals surface area contributed by atoms with Crippen LogP contribution >= 0.6 is 0 Å². The van der Waals surface area contributed by atoms with Crippen molar-refractivity contribution in [3.63, 3.8) is 0 Å². The Bertz CT molecular complexity index is 915. The molecule has 2 aromatic rings. The van der Waals surface area contributed by atoms with Crippen LogP contribution < -0.4 is 19.1 Å². The largest absolute Gasteiger partial charge is 0.493 e. The number of hydrogen-bond donors (Lipinski definition) is 1. The van der Waals surface area contributed by atoms with Crippen molar-refractivity contribution >= 4 is 21.6 Å². The number of benzene rings is 2. The number of nitrogens with one attached hydrogen (secondary N) is 1. The predicted octanol–water partition coefficient (Wildman–Crippen LogP) is 2.74. The monoisotopic (exact) mass is 406 g/mol. The van der Waals surface area contributed by atoms with Crippen LogP contribution in [0.25, 0.3) is 0 Å². The number of sulfonamides is 1. The van der Waals surface area contributed by atoms with Crippen LogP contribution in [0.1, 0.15) is 25.5 Å². The van der Waals surface area contributed by atoms with Crippen LogP contribution in [0.15, 0.2) is 48.5 Å². The second kappa shape index (κ2) is 8.97. The summed E-state index contributed by atoms with van der Waals surface area (Å²) in [5.41, 5.74) is 1.25. The first-order valence-electron chi connectivity index (χ1n) is 8.75. The van der Waals surface area contributed by atoms with E-state index in [1.54, 1.807) is 56.5 Å². The SMILES string of the molecule is COc1ccc([C@H](C)NC(=O)[C@@H](C)N(c2ccccc2)S(C)(=O)=O)cc1OC. The summed E-state index contributed by atoms with van der Waals surface area (Å²) in [6, 6.07) is 12.6. The molecule has 2 atom stereocenters. The number of ether oxygens (including phenoxy) is 2. The minimum absolute atomic E-state index is 0.355. The van der Waals surface area contributed by atoms with Crippen molar-refractivity contribution in [3.05, 3.63) is 54.1 Å². The van der Waals surface area contributed by atoms with Gasteiger partial charge in [-0.2, -0.15) is 0 Å². The molecule has 28 heavy (non-hydrogen) atoms. The zero-order valence-electron chi connectivity index (χ0n) is 16.7. The average Bonchev–Trinajstić information content (AvgIpc) is 2.67. The minimum Gasteiger partial charge on any atom is -0.493 e. The van der Waals surface area contributed by atoms with E-state index < -0.39 is 22.0 Å². The lowest BCUT2D eigenvalue weighted by Gasteiger charge is -2.29. The lowest BCUT2D eigenvalue weighted by Crippen LogP contribution is -2.48. The molecule has 1 N–H and O–H groups in total. The van der Waals surface area contributed by atoms with Gasteiger partial charge in [0.2, 0.25) is 15.9 Å². The van der Waals surface area contributed by atoms with Crippen LogP contribution in [0.3, 0.4) is 0 Å². The highest BCUT2D eigenvalue weighted by atomic mass is 32.2. The summed E-state index contributed by atoms with van der Waals surface area (Å²) in [5.74, 6) is 0.734. The van der Waals surface area contributed by atoms with Crippen LogP contribution in [0.4, 0.5) is 5.69 Å². The summed E-state index contributed by atoms with van der Waals surface area (Å²) < 4.78 is 36.2. The number of carbonyl (C=O) groups is 1. The molecular weight excluding hydrogens is 380 g/mol. The van der Waals surface area contributed by atoms with E-state index in [1.807, 2.05) is 13.0 Å². The molecule has 0 saturated carbocycles. The second-order valence-electron chi connectivity index (χ2n) is 6.42. The van der Waals surface area contributed by atoms with Gasteiger partial charge in [-0.3, -0.25) is 9.10 Å². The Kier molecular flexibility index (Phi) is 6.90. The van der Waals surface area contributed by atoms with Gasteiger partial charge in [-0.15, -0.1) is 0 Å². The van der Waals surface area contributed by atoms with Crippen molar-refractivity contribution in [1.82, 2.24) is 5.32 Å². The number of anilines is 1. The maximum atomic E-state index is 12.8. The van der Waals surface area contributed by atoms with E-state index in [1.165, 1.54) is 7.11 Å². The van der Waals surface area contributed by atoms with Crippen LogP contribution in [-0.2, 0) is 14.8 Å². The second-order valence-corrected chi connectivity index (χ2v) is 8.27. The molecule has 0 fully saturated rings. The lowest BCUT2D eigenvalue weighted by molar-refractivity contribution is -0.122. The Morgan fingerprint density at radius 2 is 1.61 bits per heavy atom. The third-order valence-electron chi connectivity index (χ3n) is 4.37. The maximum absolute atomic E-state index is 12.8. The van der Waals surface area contributed by atoms with Crippen molar-refractivity contribution in [2.24, 2.45) is 0 Å². The van der Waals surface area contributed by atoms with Gasteiger partial charge in [-0.1, -0.05) is 24.3 Å². The highest BCUT2D eigenvalue weighted by Crippen LogP contribution is 2.30. The van der Waals surface area contributed by atoms with E-state index in [0.717, 1.165) is 16.1 Å². The highest BCUT2D eigenvalue weighted by Gasteiger charge is 2.29. The summed E-state index contributed by atoms with van der Waals surface area (Å²) >= 11 is 0. The fourth-order valence-electron chi connectivity index (χ4n) is 2.92. The molecule has 0 aromatic heterocycles. The standard InChI is InChI=1S/C20H26N2O5S/c1-14(16-11-12-18(26-3)19(13-16)27-4)21-20(23)15(2)22(28(5,24)25)17-9-7-6-8-10-17/h6-15H,1-5H3,(H,21,23)/t14-,15+/m0/s1. The Morgan fingerprint density at radius 1 is 1.00 bits per heavy atom. The molecular formula is C20H26N2O5S. The number of amides is 1. The molecule has 0 saturated heterocycles. The third kappa shape index (κ3) is 4.95. The fourth-order valence-corrected chi connectivity index (χ4v) is 4.10. The maximum Gasteiger partial charge on any atom is 0.244 e. The molecule has 2 rings (SSSR count). The summed E-state index contributed by atoms with van der Waals surface area (Å²) in [7, 11) is -0.558. The van der Waals surface area contributed by atoms with Gasteiger partial charge in [0.05, 0.1) is 32.2 Å². The van der Waals surface area contributed by atoms with E-state index in [2.05, 4.69) is 5.32 Å². The quantitative estimate of drug-likeness (QED) is 0.729. The van der Waals surface area contributed by atoms with E-state index in [9.17, 15) is 13.2 Å². The van der Waals surface area contributed by atoms with Crippen LogP contribution in [0.5, 0.6) is 11.5 Å². The van der Waals surface area contributed by atoms with E-state index >= 15 is 0 Å². The van der Waals surface area contributed by atoms with Crippen molar-refractivity contribution in [3.8, 4) is 11.5 Å². The van der Waals surface area contributed by atoms with E-state index in [4.69, 9.17) is 9.47 Å². The van der Waals surface area contributed by atoms with Crippen molar-refractivity contribution in [1.29, 1.82) is 0 Å². The fraction of sp³-hybridized carbons (Fsp3) is 0.350. The molecule has 0 aliphatic rings. The van der Waals surface area contributed by atoms with Crippen LogP contribution in [-0.4, -0.2) is 40.8 Å². The predicted molar refractivity (Wildman–Crippen MR) is 109 cm³/mol. The minimum atomic E-state index is -3.65. The molecule has 1 amide bonds. The number of para-hydroxylation sites is 1. The van der Waals surface area contributed by atoms with Crippen LogP contribution in [0, 0.1) is 0 Å².